The first-order chi connectivity index (χ1) is 16.9. The van der Waals surface area contributed by atoms with E-state index >= 15 is 0 Å². The van der Waals surface area contributed by atoms with Gasteiger partial charge in [-0.05, 0) is 67.4 Å². The summed E-state index contributed by atoms with van der Waals surface area (Å²) in [6.45, 7) is 3.87. The molecule has 1 aliphatic heterocycles. The fourth-order valence-corrected chi connectivity index (χ4v) is 4.18. The predicted octanol–water partition coefficient (Wildman–Crippen LogP) is 4.30. The van der Waals surface area contributed by atoms with Gasteiger partial charge in [-0.2, -0.15) is 0 Å². The molecule has 2 heterocycles. The second-order valence-electron chi connectivity index (χ2n) is 8.33. The number of ether oxygens (including phenoxy) is 3. The summed E-state index contributed by atoms with van der Waals surface area (Å²) >= 11 is 0. The summed E-state index contributed by atoms with van der Waals surface area (Å²) in [5.74, 6) is 1.63. The number of fused-ring (bicyclic) bond motifs is 1. The van der Waals surface area contributed by atoms with Crippen LogP contribution in [0.5, 0.6) is 17.2 Å². The first-order valence-corrected chi connectivity index (χ1v) is 11.2. The predicted molar refractivity (Wildman–Crippen MR) is 133 cm³/mol. The van der Waals surface area contributed by atoms with Crippen molar-refractivity contribution in [3.8, 4) is 34.2 Å². The Bertz CT molecular complexity index is 1450. The van der Waals surface area contributed by atoms with Crippen molar-refractivity contribution in [3.63, 3.8) is 0 Å². The van der Waals surface area contributed by atoms with Crippen LogP contribution < -0.4 is 25.2 Å². The van der Waals surface area contributed by atoms with Crippen molar-refractivity contribution in [1.29, 1.82) is 0 Å². The lowest BCUT2D eigenvalue weighted by Crippen LogP contribution is -2.29. The number of amides is 1. The van der Waals surface area contributed by atoms with Gasteiger partial charge in [0.05, 0.1) is 18.5 Å². The van der Waals surface area contributed by atoms with E-state index in [-0.39, 0.29) is 24.9 Å². The zero-order valence-corrected chi connectivity index (χ0v) is 19.7. The van der Waals surface area contributed by atoms with Crippen LogP contribution in [0.25, 0.3) is 16.9 Å². The van der Waals surface area contributed by atoms with Gasteiger partial charge >= 0.3 is 5.69 Å². The third-order valence-corrected chi connectivity index (χ3v) is 6.05. The van der Waals surface area contributed by atoms with Crippen molar-refractivity contribution in [3.05, 3.63) is 88.5 Å². The summed E-state index contributed by atoms with van der Waals surface area (Å²) in [6.07, 6.45) is 1.73. The zero-order chi connectivity index (χ0) is 24.5. The number of aromatic nitrogens is 2. The van der Waals surface area contributed by atoms with E-state index in [0.717, 1.165) is 22.4 Å². The molecule has 8 nitrogen and oxygen atoms in total. The Labute approximate surface area is 202 Å². The Morgan fingerprint density at radius 1 is 1.00 bits per heavy atom. The Kier molecular flexibility index (Phi) is 5.78. The smallest absolute Gasteiger partial charge is 0.333 e. The number of anilines is 1. The van der Waals surface area contributed by atoms with E-state index in [9.17, 15) is 9.59 Å². The van der Waals surface area contributed by atoms with E-state index in [1.807, 2.05) is 44.2 Å². The minimum absolute atomic E-state index is 0.149. The standard InChI is InChI=1S/C27H25N3O5/c1-17-5-4-6-18(2)26(17)28-25(31)15-30-22(19-7-12-23-24(13-19)35-16-34-23)14-29(27(30)32)20-8-10-21(33-3)11-9-20/h4-14H,15-16H2,1-3H3,(H,28,31). The molecule has 0 saturated carbocycles. The molecule has 0 spiro atoms. The third kappa shape index (κ3) is 4.26. The molecule has 0 bridgehead atoms. The molecule has 0 aliphatic carbocycles. The Balaban J connectivity index is 1.56. The molecule has 35 heavy (non-hydrogen) atoms. The number of hydrogen-bond donors (Lipinski definition) is 1. The molecule has 0 saturated heterocycles. The monoisotopic (exact) mass is 471 g/mol. The fraction of sp³-hybridized carbons (Fsp3) is 0.185. The molecule has 0 fully saturated rings. The van der Waals surface area contributed by atoms with Crippen LogP contribution in [0.15, 0.2) is 71.7 Å². The molecule has 1 N–H and O–H groups in total. The van der Waals surface area contributed by atoms with E-state index in [2.05, 4.69) is 5.32 Å². The van der Waals surface area contributed by atoms with Gasteiger partial charge in [0.2, 0.25) is 12.7 Å². The van der Waals surface area contributed by atoms with Gasteiger partial charge in [0.1, 0.15) is 12.3 Å². The average molecular weight is 472 g/mol. The highest BCUT2D eigenvalue weighted by molar-refractivity contribution is 5.92. The van der Waals surface area contributed by atoms with Gasteiger partial charge in [0, 0.05) is 17.4 Å². The number of nitrogens with zero attached hydrogens (tertiary/aromatic N) is 2. The van der Waals surface area contributed by atoms with Crippen molar-refractivity contribution >= 4 is 11.6 Å². The molecule has 4 aromatic rings. The molecule has 1 aromatic heterocycles. The van der Waals surface area contributed by atoms with Gasteiger partial charge < -0.3 is 19.5 Å². The lowest BCUT2D eigenvalue weighted by molar-refractivity contribution is -0.116. The number of aryl methyl sites for hydroxylation is 2. The van der Waals surface area contributed by atoms with Crippen LogP contribution in [0.2, 0.25) is 0 Å². The Morgan fingerprint density at radius 3 is 2.43 bits per heavy atom. The van der Waals surface area contributed by atoms with Crippen LogP contribution in [0.1, 0.15) is 11.1 Å². The first-order valence-electron chi connectivity index (χ1n) is 11.2. The topological polar surface area (TPSA) is 83.7 Å². The van der Waals surface area contributed by atoms with E-state index in [0.29, 0.717) is 28.6 Å². The summed E-state index contributed by atoms with van der Waals surface area (Å²) in [5.41, 5.74) is 4.31. The van der Waals surface area contributed by atoms with Crippen LogP contribution in [-0.2, 0) is 11.3 Å². The lowest BCUT2D eigenvalue weighted by Gasteiger charge is -2.13. The molecule has 1 amide bonds. The van der Waals surface area contributed by atoms with Gasteiger partial charge in [-0.25, -0.2) is 4.79 Å². The van der Waals surface area contributed by atoms with Crippen LogP contribution in [0, 0.1) is 13.8 Å². The fourth-order valence-electron chi connectivity index (χ4n) is 4.18. The Morgan fingerprint density at radius 2 is 1.71 bits per heavy atom. The summed E-state index contributed by atoms with van der Waals surface area (Å²) in [4.78, 5) is 26.6. The Hall–Kier alpha value is -4.46. The molecular formula is C27H25N3O5. The van der Waals surface area contributed by atoms with Crippen molar-refractivity contribution in [2.75, 3.05) is 19.2 Å². The zero-order valence-electron chi connectivity index (χ0n) is 19.7. The molecule has 0 unspecified atom stereocenters. The second-order valence-corrected chi connectivity index (χ2v) is 8.33. The number of hydrogen-bond acceptors (Lipinski definition) is 5. The molecule has 3 aromatic carbocycles. The molecule has 0 radical (unpaired) electrons. The molecule has 8 heteroatoms. The molecule has 1 aliphatic rings. The number of methoxy groups -OCH3 is 1. The van der Waals surface area contributed by atoms with Gasteiger partial charge in [-0.15, -0.1) is 0 Å². The summed E-state index contributed by atoms with van der Waals surface area (Å²) < 4.78 is 19.2. The van der Waals surface area contributed by atoms with Crippen molar-refractivity contribution in [2.45, 2.75) is 20.4 Å². The number of carbonyl (C=O) groups is 1. The highest BCUT2D eigenvalue weighted by Gasteiger charge is 2.20. The quantitative estimate of drug-likeness (QED) is 0.453. The normalized spacial score (nSPS) is 12.0. The van der Waals surface area contributed by atoms with Crippen LogP contribution >= 0.6 is 0 Å². The van der Waals surface area contributed by atoms with Gasteiger partial charge in [0.25, 0.3) is 0 Å². The highest BCUT2D eigenvalue weighted by atomic mass is 16.7. The number of para-hydroxylation sites is 1. The molecule has 178 valence electrons. The van der Waals surface area contributed by atoms with Crippen LogP contribution in [0.3, 0.4) is 0 Å². The summed E-state index contributed by atoms with van der Waals surface area (Å²) in [7, 11) is 1.59. The van der Waals surface area contributed by atoms with Crippen molar-refractivity contribution < 1.29 is 19.0 Å². The van der Waals surface area contributed by atoms with Gasteiger partial charge in [-0.3, -0.25) is 13.9 Å². The van der Waals surface area contributed by atoms with Gasteiger partial charge in [-0.1, -0.05) is 18.2 Å². The minimum Gasteiger partial charge on any atom is -0.497 e. The lowest BCUT2D eigenvalue weighted by atomic mass is 10.1. The largest absolute Gasteiger partial charge is 0.497 e. The van der Waals surface area contributed by atoms with Gasteiger partial charge in [0.15, 0.2) is 11.5 Å². The number of carbonyl (C=O) groups excluding carboxylic acids is 1. The maximum Gasteiger partial charge on any atom is 0.333 e. The maximum atomic E-state index is 13.5. The summed E-state index contributed by atoms with van der Waals surface area (Å²) in [5, 5.41) is 2.97. The highest BCUT2D eigenvalue weighted by Crippen LogP contribution is 2.36. The SMILES string of the molecule is COc1ccc(-n2cc(-c3ccc4c(c3)OCO4)n(CC(=O)Nc3c(C)cccc3C)c2=O)cc1. The molecule has 0 atom stereocenters. The number of rotatable bonds is 6. The molecular weight excluding hydrogens is 446 g/mol. The number of nitrogens with one attached hydrogen (secondary N) is 1. The summed E-state index contributed by atoms with van der Waals surface area (Å²) in [6, 6.07) is 18.4. The van der Waals surface area contributed by atoms with Crippen molar-refractivity contribution in [1.82, 2.24) is 9.13 Å². The second kappa shape index (κ2) is 9.06. The maximum absolute atomic E-state index is 13.5. The third-order valence-electron chi connectivity index (χ3n) is 6.05. The minimum atomic E-state index is -0.334. The van der Waals surface area contributed by atoms with E-state index in [1.54, 1.807) is 43.6 Å². The number of imidazole rings is 1. The average Bonchev–Trinajstić information content (AvgIpc) is 3.46. The number of benzene rings is 3. The van der Waals surface area contributed by atoms with E-state index in [1.165, 1.54) is 9.13 Å². The van der Waals surface area contributed by atoms with Crippen molar-refractivity contribution in [2.24, 2.45) is 0 Å². The van der Waals surface area contributed by atoms with Crippen LogP contribution in [-0.4, -0.2) is 28.9 Å². The molecule has 5 rings (SSSR count). The van der Waals surface area contributed by atoms with Crippen LogP contribution in [0.4, 0.5) is 5.69 Å². The van der Waals surface area contributed by atoms with E-state index < -0.39 is 0 Å². The first kappa shape index (κ1) is 22.3. The van der Waals surface area contributed by atoms with E-state index in [4.69, 9.17) is 14.2 Å².